The van der Waals surface area contributed by atoms with Crippen LogP contribution in [0.5, 0.6) is 0 Å². The van der Waals surface area contributed by atoms with E-state index in [1.54, 1.807) is 19.9 Å². The molecule has 14 heteroatoms. The van der Waals surface area contributed by atoms with Crippen molar-refractivity contribution < 1.29 is 68.6 Å². The molecule has 55 heavy (non-hydrogen) atoms. The molecule has 312 valence electrons. The molecule has 14 nitrogen and oxygen atoms in total. The molecule has 0 radical (unpaired) electrons. The molecule has 4 aliphatic carbocycles. The van der Waals surface area contributed by atoms with Crippen LogP contribution in [0.15, 0.2) is 11.6 Å². The zero-order valence-corrected chi connectivity index (χ0v) is 32.9. The van der Waals surface area contributed by atoms with Crippen molar-refractivity contribution in [2.45, 2.75) is 197 Å². The van der Waals surface area contributed by atoms with Gasteiger partial charge < -0.3 is 63.8 Å². The second kappa shape index (κ2) is 15.1. The maximum atomic E-state index is 12.6. The third kappa shape index (κ3) is 6.95. The molecule has 0 aromatic rings. The number of ether oxygens (including phenoxy) is 7. The normalized spacial score (nSPS) is 55.5. The van der Waals surface area contributed by atoms with Crippen LogP contribution in [-0.4, -0.2) is 135 Å². The first kappa shape index (κ1) is 40.5. The third-order valence-corrected chi connectivity index (χ3v) is 16.0. The molecular formula is C41H64O14. The molecule has 2 unspecified atom stereocenters. The summed E-state index contributed by atoms with van der Waals surface area (Å²) in [6.07, 6.45) is -1.51. The lowest BCUT2D eigenvalue weighted by molar-refractivity contribution is -0.336. The van der Waals surface area contributed by atoms with Crippen molar-refractivity contribution in [3.63, 3.8) is 0 Å². The number of hydrogen-bond acceptors (Lipinski definition) is 14. The van der Waals surface area contributed by atoms with Gasteiger partial charge in [0.15, 0.2) is 18.9 Å². The molecule has 21 atom stereocenters. The van der Waals surface area contributed by atoms with E-state index in [1.165, 1.54) is 0 Å². The Labute approximate surface area is 323 Å². The fourth-order valence-corrected chi connectivity index (χ4v) is 12.8. The van der Waals surface area contributed by atoms with E-state index < -0.39 is 90.9 Å². The molecule has 8 aliphatic rings. The van der Waals surface area contributed by atoms with Gasteiger partial charge in [-0.2, -0.15) is 0 Å². The van der Waals surface area contributed by atoms with Crippen molar-refractivity contribution in [3.8, 4) is 0 Å². The molecule has 3 saturated heterocycles. The Kier molecular flexibility index (Phi) is 11.1. The van der Waals surface area contributed by atoms with Crippen LogP contribution in [0.25, 0.3) is 0 Å². The number of cyclic esters (lactones) is 1. The number of carbonyl (C=O) groups is 1. The van der Waals surface area contributed by atoms with Crippen molar-refractivity contribution in [1.29, 1.82) is 0 Å². The van der Waals surface area contributed by atoms with Gasteiger partial charge in [-0.05, 0) is 107 Å². The highest BCUT2D eigenvalue weighted by Crippen LogP contribution is 2.70. The monoisotopic (exact) mass is 780 g/mol. The maximum absolute atomic E-state index is 12.6. The Hall–Kier alpha value is -1.27. The van der Waals surface area contributed by atoms with Gasteiger partial charge in [0.05, 0.1) is 54.4 Å². The van der Waals surface area contributed by atoms with E-state index in [0.29, 0.717) is 18.8 Å². The summed E-state index contributed by atoms with van der Waals surface area (Å²) in [6.45, 7) is 9.90. The van der Waals surface area contributed by atoms with Crippen molar-refractivity contribution in [2.75, 3.05) is 6.61 Å². The second-order valence-corrected chi connectivity index (χ2v) is 18.8. The fraction of sp³-hybridized carbons (Fsp3) is 0.927. The minimum Gasteiger partial charge on any atom is -0.458 e. The predicted octanol–water partition coefficient (Wildman–Crippen LogP) is 2.22. The SMILES string of the molecule is C[C@H]1O[C@@H](O[C@H]2[C@@H](O)C[C@H](O[C@H]3[C@@H](O)C[C@H](O[C@H]4CC[C@]5(C)C6C[C@@H](O)[C@]7(C)C(C8=CC(=O)OC8)CC[C@]7(O)[C@@H]6CC[C@@H]5C4)O[C@@H]3C)O[C@@H]2C)C[C@H](O)[C@@H]1O. The van der Waals surface area contributed by atoms with Gasteiger partial charge in [0.25, 0.3) is 0 Å². The number of rotatable bonds is 7. The van der Waals surface area contributed by atoms with Gasteiger partial charge >= 0.3 is 5.97 Å². The fourth-order valence-electron chi connectivity index (χ4n) is 12.8. The summed E-state index contributed by atoms with van der Waals surface area (Å²) in [5.41, 5.74) is -0.892. The molecule has 4 saturated carbocycles. The topological polar surface area (TPSA) is 203 Å². The molecule has 8 rings (SSSR count). The Morgan fingerprint density at radius 2 is 1.29 bits per heavy atom. The molecule has 0 bridgehead atoms. The number of fused-ring (bicyclic) bond motifs is 5. The minimum atomic E-state index is -1.01. The summed E-state index contributed by atoms with van der Waals surface area (Å²) >= 11 is 0. The van der Waals surface area contributed by atoms with E-state index >= 15 is 0 Å². The van der Waals surface area contributed by atoms with Gasteiger partial charge in [-0.25, -0.2) is 4.79 Å². The zero-order valence-electron chi connectivity index (χ0n) is 32.9. The van der Waals surface area contributed by atoms with Crippen LogP contribution >= 0.6 is 0 Å². The first-order valence-electron chi connectivity index (χ1n) is 20.9. The van der Waals surface area contributed by atoms with Gasteiger partial charge in [-0.3, -0.25) is 0 Å². The average Bonchev–Trinajstić information content (AvgIpc) is 3.67. The van der Waals surface area contributed by atoms with Gasteiger partial charge in [0.1, 0.15) is 24.9 Å². The van der Waals surface area contributed by atoms with Crippen LogP contribution in [0.2, 0.25) is 0 Å². The number of carbonyl (C=O) groups excluding carboxylic acids is 1. The Balaban J connectivity index is 0.837. The number of esters is 1. The Morgan fingerprint density at radius 3 is 1.87 bits per heavy atom. The first-order valence-corrected chi connectivity index (χ1v) is 20.9. The quantitative estimate of drug-likeness (QED) is 0.162. The van der Waals surface area contributed by atoms with Crippen LogP contribution in [0.4, 0.5) is 0 Å². The molecule has 0 aromatic heterocycles. The highest BCUT2D eigenvalue weighted by Gasteiger charge is 2.71. The lowest BCUT2D eigenvalue weighted by Gasteiger charge is -2.65. The maximum Gasteiger partial charge on any atom is 0.331 e. The number of aliphatic hydroxyl groups excluding tert-OH is 5. The summed E-state index contributed by atoms with van der Waals surface area (Å²) in [5.74, 6) is 0.204. The molecular weight excluding hydrogens is 716 g/mol. The third-order valence-electron chi connectivity index (χ3n) is 16.0. The second-order valence-electron chi connectivity index (χ2n) is 18.8. The molecule has 6 N–H and O–H groups in total. The largest absolute Gasteiger partial charge is 0.458 e. The Bertz CT molecular complexity index is 1410. The van der Waals surface area contributed by atoms with Gasteiger partial charge in [-0.15, -0.1) is 0 Å². The average molecular weight is 781 g/mol. The van der Waals surface area contributed by atoms with Crippen LogP contribution in [-0.2, 0) is 38.0 Å². The van der Waals surface area contributed by atoms with E-state index in [9.17, 15) is 35.4 Å². The highest BCUT2D eigenvalue weighted by molar-refractivity contribution is 5.85. The van der Waals surface area contributed by atoms with Crippen molar-refractivity contribution >= 4 is 5.97 Å². The summed E-state index contributed by atoms with van der Waals surface area (Å²) in [5, 5.41) is 66.9. The summed E-state index contributed by atoms with van der Waals surface area (Å²) < 4.78 is 42.1. The smallest absolute Gasteiger partial charge is 0.331 e. The van der Waals surface area contributed by atoms with Crippen LogP contribution in [0, 0.1) is 34.5 Å². The van der Waals surface area contributed by atoms with E-state index in [2.05, 4.69) is 6.92 Å². The van der Waals surface area contributed by atoms with Gasteiger partial charge in [-0.1, -0.05) is 13.8 Å². The molecule has 0 amide bonds. The molecule has 7 fully saturated rings. The van der Waals surface area contributed by atoms with Crippen LogP contribution in [0.3, 0.4) is 0 Å². The zero-order chi connectivity index (χ0) is 39.2. The lowest BCUT2D eigenvalue weighted by atomic mass is 9.42. The Morgan fingerprint density at radius 1 is 0.691 bits per heavy atom. The van der Waals surface area contributed by atoms with E-state index in [4.69, 9.17) is 33.2 Å². The minimum absolute atomic E-state index is 0.0452. The van der Waals surface area contributed by atoms with E-state index in [0.717, 1.165) is 44.1 Å². The van der Waals surface area contributed by atoms with E-state index in [-0.39, 0.29) is 61.1 Å². The van der Waals surface area contributed by atoms with Gasteiger partial charge in [0, 0.05) is 30.8 Å². The number of hydrogen-bond donors (Lipinski definition) is 6. The van der Waals surface area contributed by atoms with Crippen LogP contribution < -0.4 is 0 Å². The molecule has 4 aliphatic heterocycles. The highest BCUT2D eigenvalue weighted by atomic mass is 16.7. The number of aliphatic hydroxyl groups is 6. The summed E-state index contributed by atoms with van der Waals surface area (Å²) in [6, 6.07) is 0. The molecule has 0 aromatic carbocycles. The predicted molar refractivity (Wildman–Crippen MR) is 193 cm³/mol. The lowest BCUT2D eigenvalue weighted by Crippen LogP contribution is -2.67. The van der Waals surface area contributed by atoms with Gasteiger partial charge in [0.2, 0.25) is 0 Å². The first-order chi connectivity index (χ1) is 26.0. The summed E-state index contributed by atoms with van der Waals surface area (Å²) in [7, 11) is 0. The summed E-state index contributed by atoms with van der Waals surface area (Å²) in [4.78, 5) is 11.9. The molecule has 0 spiro atoms. The molecule has 4 heterocycles. The van der Waals surface area contributed by atoms with E-state index in [1.807, 2.05) is 13.8 Å². The van der Waals surface area contributed by atoms with Crippen molar-refractivity contribution in [1.82, 2.24) is 0 Å². The van der Waals surface area contributed by atoms with Crippen molar-refractivity contribution in [2.24, 2.45) is 34.5 Å². The standard InChI is InChI=1S/C41H64O14/c1-19-36(47)28(42)15-34(50-19)54-38-21(3)52-35(17-30(38)44)55-37-20(2)51-33(16-29(37)43)53-24-8-10-39(4)23(13-24)6-7-26-27(39)14-31(45)40(5)25(9-11-41(26,40)48)22-12-32(46)49-18-22/h12,19-21,23-31,33-38,42-45,47-48H,6-11,13-18H2,1-5H3/t19-,20-,21-,23-,24+,25?,26-,27?,28+,29+,30+,31-,33+,34+,35+,36-,37-,38-,39+,40+,41+/m1/s1. The van der Waals surface area contributed by atoms with Crippen LogP contribution in [0.1, 0.15) is 105 Å². The van der Waals surface area contributed by atoms with Crippen molar-refractivity contribution in [3.05, 3.63) is 11.6 Å².